The van der Waals surface area contributed by atoms with Gasteiger partial charge in [-0.1, -0.05) is 126 Å². The maximum Gasteiger partial charge on any atom is 0.306 e. The number of carbonyl (C=O) groups is 3. The van der Waals surface area contributed by atoms with Crippen molar-refractivity contribution in [3.05, 3.63) is 60.8 Å². The lowest BCUT2D eigenvalue weighted by molar-refractivity contribution is -0.889. The summed E-state index contributed by atoms with van der Waals surface area (Å²) in [4.78, 5) is 36.7. The van der Waals surface area contributed by atoms with E-state index in [1.165, 1.54) is 51.4 Å². The zero-order chi connectivity index (χ0) is 38.5. The molecule has 0 aromatic rings. The van der Waals surface area contributed by atoms with Crippen molar-refractivity contribution in [2.24, 2.45) is 0 Å². The molecule has 0 aliphatic carbocycles. The van der Waals surface area contributed by atoms with Crippen molar-refractivity contribution in [3.63, 3.8) is 0 Å². The largest absolute Gasteiger partial charge is 0.544 e. The Morgan fingerprint density at radius 3 is 1.67 bits per heavy atom. The number of carboxylic acids is 1. The molecular formula is C44H75NO7. The fourth-order valence-corrected chi connectivity index (χ4v) is 5.49. The third kappa shape index (κ3) is 32.9. The van der Waals surface area contributed by atoms with Crippen LogP contribution in [0.1, 0.15) is 149 Å². The predicted molar refractivity (Wildman–Crippen MR) is 212 cm³/mol. The minimum absolute atomic E-state index is 0.00725. The van der Waals surface area contributed by atoms with E-state index in [1.807, 2.05) is 12.2 Å². The molecule has 8 nitrogen and oxygen atoms in total. The average Bonchev–Trinajstić information content (AvgIpc) is 3.09. The van der Waals surface area contributed by atoms with E-state index in [0.29, 0.717) is 12.8 Å². The summed E-state index contributed by atoms with van der Waals surface area (Å²) in [5, 5.41) is 11.6. The minimum atomic E-state index is -1.14. The summed E-state index contributed by atoms with van der Waals surface area (Å²) in [5.41, 5.74) is 0. The molecule has 0 aromatic carbocycles. The number of quaternary nitrogens is 1. The summed E-state index contributed by atoms with van der Waals surface area (Å²) >= 11 is 0. The van der Waals surface area contributed by atoms with Gasteiger partial charge >= 0.3 is 11.9 Å². The van der Waals surface area contributed by atoms with E-state index in [2.05, 4.69) is 62.5 Å². The molecule has 0 saturated carbocycles. The number of carboxylic acid groups (broad SMARTS) is 1. The van der Waals surface area contributed by atoms with Crippen LogP contribution in [0, 0.1) is 0 Å². The van der Waals surface area contributed by atoms with Crippen molar-refractivity contribution in [2.75, 3.05) is 41.0 Å². The molecule has 0 amide bonds. The molecule has 0 N–H and O–H groups in total. The van der Waals surface area contributed by atoms with E-state index in [0.717, 1.165) is 57.8 Å². The summed E-state index contributed by atoms with van der Waals surface area (Å²) < 4.78 is 17.0. The Labute approximate surface area is 318 Å². The molecule has 0 bridgehead atoms. The van der Waals surface area contributed by atoms with Crippen LogP contribution in [-0.4, -0.2) is 75.5 Å². The predicted octanol–water partition coefficient (Wildman–Crippen LogP) is 9.30. The van der Waals surface area contributed by atoms with Gasteiger partial charge in [0.2, 0.25) is 0 Å². The number of unbranched alkanes of at least 4 members (excludes halogenated alkanes) is 11. The number of nitrogens with zero attached hydrogens (tertiary/aromatic N) is 1. The molecule has 0 aliphatic heterocycles. The summed E-state index contributed by atoms with van der Waals surface area (Å²) in [6.07, 6.45) is 41.2. The highest BCUT2D eigenvalue weighted by molar-refractivity contribution is 5.70. The summed E-state index contributed by atoms with van der Waals surface area (Å²) in [7, 11) is 5.37. The molecule has 0 spiro atoms. The van der Waals surface area contributed by atoms with Crippen LogP contribution in [0.3, 0.4) is 0 Å². The van der Waals surface area contributed by atoms with Gasteiger partial charge in [0.15, 0.2) is 6.10 Å². The maximum atomic E-state index is 12.6. The van der Waals surface area contributed by atoms with Crippen LogP contribution in [0.2, 0.25) is 0 Å². The molecule has 52 heavy (non-hydrogen) atoms. The Bertz CT molecular complexity index is 1040. The van der Waals surface area contributed by atoms with Gasteiger partial charge in [-0.25, -0.2) is 0 Å². The minimum Gasteiger partial charge on any atom is -0.544 e. The molecule has 0 fully saturated rings. The first-order valence-electron chi connectivity index (χ1n) is 20.3. The molecule has 0 saturated heterocycles. The van der Waals surface area contributed by atoms with E-state index in [9.17, 15) is 19.5 Å². The van der Waals surface area contributed by atoms with Crippen molar-refractivity contribution in [1.82, 2.24) is 0 Å². The van der Waals surface area contributed by atoms with Crippen molar-refractivity contribution in [1.29, 1.82) is 0 Å². The third-order valence-corrected chi connectivity index (χ3v) is 8.65. The Hall–Kier alpha value is -2.97. The van der Waals surface area contributed by atoms with Gasteiger partial charge in [-0.2, -0.15) is 0 Å². The fourth-order valence-electron chi connectivity index (χ4n) is 5.49. The van der Waals surface area contributed by atoms with Crippen molar-refractivity contribution >= 4 is 17.9 Å². The molecule has 0 heterocycles. The van der Waals surface area contributed by atoms with E-state index in [1.54, 1.807) is 21.1 Å². The second kappa shape index (κ2) is 35.1. The van der Waals surface area contributed by atoms with Gasteiger partial charge < -0.3 is 28.6 Å². The fraction of sp³-hybridized carbons (Fsp3) is 0.705. The molecule has 0 rings (SSSR count). The Balaban J connectivity index is 4.50. The SMILES string of the molecule is CC/C=C\C/C=C\C/C=C\C/C=C\CCC(=O)OC(COCCC(C(=O)[O-])[N+](C)(C)C)COC(=O)CCCCCCC/C=C\CCCCCCCC. The van der Waals surface area contributed by atoms with Gasteiger partial charge in [0, 0.05) is 19.3 Å². The Kier molecular flexibility index (Phi) is 33.1. The number of rotatable bonds is 35. The molecule has 0 radical (unpaired) electrons. The molecular weight excluding hydrogens is 654 g/mol. The van der Waals surface area contributed by atoms with Gasteiger partial charge in [-0.15, -0.1) is 0 Å². The number of ether oxygens (including phenoxy) is 3. The number of hydrogen-bond acceptors (Lipinski definition) is 7. The zero-order valence-corrected chi connectivity index (χ0v) is 33.7. The highest BCUT2D eigenvalue weighted by Crippen LogP contribution is 2.12. The van der Waals surface area contributed by atoms with E-state index in [4.69, 9.17) is 14.2 Å². The topological polar surface area (TPSA) is 102 Å². The summed E-state index contributed by atoms with van der Waals surface area (Å²) in [6, 6.07) is -0.740. The van der Waals surface area contributed by atoms with Crippen molar-refractivity contribution < 1.29 is 38.2 Å². The number of allylic oxidation sites excluding steroid dienone is 10. The van der Waals surface area contributed by atoms with Gasteiger partial charge in [0.05, 0.1) is 40.3 Å². The second-order valence-corrected chi connectivity index (χ2v) is 14.5. The van der Waals surface area contributed by atoms with Crippen LogP contribution in [-0.2, 0) is 28.6 Å². The zero-order valence-electron chi connectivity index (χ0n) is 33.7. The normalized spacial score (nSPS) is 13.6. The van der Waals surface area contributed by atoms with Gasteiger partial charge in [0.25, 0.3) is 0 Å². The van der Waals surface area contributed by atoms with Crippen LogP contribution in [0.15, 0.2) is 60.8 Å². The first kappa shape index (κ1) is 49.0. The standard InChI is InChI=1S/C44H75NO7/c1-6-8-10-12-14-16-18-20-21-23-24-26-28-30-32-34-42(46)51-39-40(38-50-37-36-41(44(48)49)45(3,4)5)52-43(47)35-33-31-29-27-25-22-19-17-15-13-11-9-7-2/h9,11,15,17,20-22,25,29,31,40-41H,6-8,10,12-14,16,18-19,23-24,26-28,30,32-39H2,1-5H3/b11-9-,17-15-,21-20-,25-22-,31-29-. The van der Waals surface area contributed by atoms with E-state index >= 15 is 0 Å². The number of carbonyl (C=O) groups excluding carboxylic acids is 3. The summed E-state index contributed by atoms with van der Waals surface area (Å²) in [5.74, 6) is -1.86. The lowest BCUT2D eigenvalue weighted by atomic mass is 10.1. The first-order valence-corrected chi connectivity index (χ1v) is 20.3. The average molecular weight is 730 g/mol. The van der Waals surface area contributed by atoms with Gasteiger partial charge in [-0.05, 0) is 64.2 Å². The molecule has 0 aliphatic rings. The molecule has 2 atom stereocenters. The van der Waals surface area contributed by atoms with Crippen LogP contribution in [0.25, 0.3) is 0 Å². The molecule has 298 valence electrons. The van der Waals surface area contributed by atoms with Crippen molar-refractivity contribution in [3.8, 4) is 0 Å². The first-order chi connectivity index (χ1) is 25.1. The van der Waals surface area contributed by atoms with E-state index in [-0.39, 0.29) is 43.1 Å². The third-order valence-electron chi connectivity index (χ3n) is 8.65. The number of esters is 2. The van der Waals surface area contributed by atoms with E-state index < -0.39 is 24.1 Å². The monoisotopic (exact) mass is 730 g/mol. The smallest absolute Gasteiger partial charge is 0.306 e. The molecule has 8 heteroatoms. The van der Waals surface area contributed by atoms with Gasteiger partial charge in [-0.3, -0.25) is 9.59 Å². The highest BCUT2D eigenvalue weighted by Gasteiger charge is 2.25. The lowest BCUT2D eigenvalue weighted by Gasteiger charge is -2.34. The van der Waals surface area contributed by atoms with Crippen molar-refractivity contribution in [2.45, 2.75) is 161 Å². The van der Waals surface area contributed by atoms with Crippen LogP contribution >= 0.6 is 0 Å². The van der Waals surface area contributed by atoms with Gasteiger partial charge in [0.1, 0.15) is 12.6 Å². The molecule has 2 unspecified atom stereocenters. The number of hydrogen-bond donors (Lipinski definition) is 0. The van der Waals surface area contributed by atoms with Crippen LogP contribution in [0.5, 0.6) is 0 Å². The second-order valence-electron chi connectivity index (χ2n) is 14.5. The lowest BCUT2D eigenvalue weighted by Crippen LogP contribution is -2.55. The number of likely N-dealkylation sites (N-methyl/N-ethyl adjacent to an activating group) is 1. The summed E-state index contributed by atoms with van der Waals surface area (Å²) in [6.45, 7) is 4.43. The Morgan fingerprint density at radius 1 is 0.596 bits per heavy atom. The maximum absolute atomic E-state index is 12.6. The van der Waals surface area contributed by atoms with Crippen LogP contribution in [0.4, 0.5) is 0 Å². The number of aliphatic carboxylic acids is 1. The highest BCUT2D eigenvalue weighted by atomic mass is 16.6. The quantitative estimate of drug-likeness (QED) is 0.0277. The van der Waals surface area contributed by atoms with Crippen LogP contribution < -0.4 is 5.11 Å². The molecule has 0 aromatic heterocycles. The Morgan fingerprint density at radius 2 is 1.12 bits per heavy atom.